The third kappa shape index (κ3) is 3.51. The van der Waals surface area contributed by atoms with E-state index in [0.29, 0.717) is 18.1 Å². The van der Waals surface area contributed by atoms with Crippen molar-refractivity contribution in [3.8, 4) is 0 Å². The van der Waals surface area contributed by atoms with Crippen molar-refractivity contribution in [1.82, 2.24) is 0 Å². The molecule has 0 spiro atoms. The Morgan fingerprint density at radius 3 is 2.45 bits per heavy atom. The molecule has 0 atom stereocenters. The molecule has 0 amide bonds. The second-order valence-corrected chi connectivity index (χ2v) is 4.98. The highest BCUT2D eigenvalue weighted by atomic mass is 35.5. The molecule has 0 aromatic heterocycles. The molecule has 2 rings (SSSR count). The first-order chi connectivity index (χ1) is 9.76. The number of anilines is 1. The molecule has 0 unspecified atom stereocenters. The number of rotatable bonds is 6. The second kappa shape index (κ2) is 7.29. The molecule has 106 valence electrons. The molecular formula is C16H19ClN2O. The average Bonchev–Trinajstić information content (AvgIpc) is 2.47. The summed E-state index contributed by atoms with van der Waals surface area (Å²) in [4.78, 5) is 2.10. The van der Waals surface area contributed by atoms with E-state index in [1.807, 2.05) is 36.4 Å². The van der Waals surface area contributed by atoms with E-state index >= 15 is 0 Å². The highest BCUT2D eigenvalue weighted by Crippen LogP contribution is 2.28. The number of nitrogens with two attached hydrogens (primary N) is 1. The quantitative estimate of drug-likeness (QED) is 0.860. The van der Waals surface area contributed by atoms with Crippen molar-refractivity contribution in [3.63, 3.8) is 0 Å². The zero-order valence-electron chi connectivity index (χ0n) is 11.3. The standard InChI is InChI=1S/C16H19ClN2O/c17-15-7-4-8-16(14(15)11-18)19(9-10-20)12-13-5-2-1-3-6-13/h1-8,20H,9-12,18H2. The van der Waals surface area contributed by atoms with Crippen molar-refractivity contribution in [2.45, 2.75) is 13.1 Å². The minimum Gasteiger partial charge on any atom is -0.395 e. The summed E-state index contributed by atoms with van der Waals surface area (Å²) < 4.78 is 0. The van der Waals surface area contributed by atoms with Gasteiger partial charge in [0.2, 0.25) is 0 Å². The van der Waals surface area contributed by atoms with Crippen LogP contribution in [-0.4, -0.2) is 18.3 Å². The Hall–Kier alpha value is -1.55. The Kier molecular flexibility index (Phi) is 5.41. The van der Waals surface area contributed by atoms with Gasteiger partial charge in [-0.25, -0.2) is 0 Å². The van der Waals surface area contributed by atoms with Gasteiger partial charge in [-0.05, 0) is 17.7 Å². The maximum Gasteiger partial charge on any atom is 0.0606 e. The van der Waals surface area contributed by atoms with E-state index in [0.717, 1.165) is 17.8 Å². The molecule has 0 aliphatic carbocycles. The largest absolute Gasteiger partial charge is 0.395 e. The van der Waals surface area contributed by atoms with Crippen molar-refractivity contribution in [3.05, 3.63) is 64.7 Å². The van der Waals surface area contributed by atoms with E-state index in [9.17, 15) is 5.11 Å². The molecule has 2 aromatic carbocycles. The predicted octanol–water partition coefficient (Wildman–Crippen LogP) is 2.80. The highest BCUT2D eigenvalue weighted by Gasteiger charge is 2.13. The van der Waals surface area contributed by atoms with Crippen molar-refractivity contribution in [1.29, 1.82) is 0 Å². The first kappa shape index (κ1) is 14.9. The lowest BCUT2D eigenvalue weighted by atomic mass is 10.1. The third-order valence-corrected chi connectivity index (χ3v) is 3.58. The number of aliphatic hydroxyl groups is 1. The molecule has 0 aliphatic rings. The van der Waals surface area contributed by atoms with Crippen LogP contribution in [0.1, 0.15) is 11.1 Å². The molecular weight excluding hydrogens is 272 g/mol. The van der Waals surface area contributed by atoms with Crippen LogP contribution in [0.2, 0.25) is 5.02 Å². The maximum atomic E-state index is 9.30. The van der Waals surface area contributed by atoms with Gasteiger partial charge < -0.3 is 15.7 Å². The van der Waals surface area contributed by atoms with Crippen LogP contribution >= 0.6 is 11.6 Å². The molecule has 3 nitrogen and oxygen atoms in total. The fourth-order valence-corrected chi connectivity index (χ4v) is 2.50. The Balaban J connectivity index is 2.31. The van der Waals surface area contributed by atoms with Crippen molar-refractivity contribution >= 4 is 17.3 Å². The number of hydrogen-bond acceptors (Lipinski definition) is 3. The van der Waals surface area contributed by atoms with Gasteiger partial charge in [-0.3, -0.25) is 0 Å². The first-order valence-electron chi connectivity index (χ1n) is 6.63. The number of nitrogens with zero attached hydrogens (tertiary/aromatic N) is 1. The third-order valence-electron chi connectivity index (χ3n) is 3.23. The minimum atomic E-state index is 0.0867. The smallest absolute Gasteiger partial charge is 0.0606 e. The van der Waals surface area contributed by atoms with E-state index in [2.05, 4.69) is 17.0 Å². The number of benzene rings is 2. The molecule has 0 saturated carbocycles. The molecule has 0 bridgehead atoms. The topological polar surface area (TPSA) is 49.5 Å². The van der Waals surface area contributed by atoms with Gasteiger partial charge in [-0.15, -0.1) is 0 Å². The summed E-state index contributed by atoms with van der Waals surface area (Å²) >= 11 is 6.21. The van der Waals surface area contributed by atoms with Gasteiger partial charge in [0.15, 0.2) is 0 Å². The van der Waals surface area contributed by atoms with E-state index in [1.165, 1.54) is 5.56 Å². The van der Waals surface area contributed by atoms with E-state index in [1.54, 1.807) is 0 Å². The summed E-state index contributed by atoms with van der Waals surface area (Å²) in [5, 5.41) is 9.97. The zero-order valence-corrected chi connectivity index (χ0v) is 12.1. The van der Waals surface area contributed by atoms with Gasteiger partial charge in [0.1, 0.15) is 0 Å². The van der Waals surface area contributed by atoms with Crippen LogP contribution in [0.15, 0.2) is 48.5 Å². The van der Waals surface area contributed by atoms with Gasteiger partial charge in [0, 0.05) is 35.9 Å². The van der Waals surface area contributed by atoms with Gasteiger partial charge in [0.05, 0.1) is 6.61 Å². The number of hydrogen-bond donors (Lipinski definition) is 2. The Labute approximate surface area is 124 Å². The lowest BCUT2D eigenvalue weighted by Crippen LogP contribution is -2.27. The zero-order chi connectivity index (χ0) is 14.4. The minimum absolute atomic E-state index is 0.0867. The summed E-state index contributed by atoms with van der Waals surface area (Å²) in [6.45, 7) is 1.73. The van der Waals surface area contributed by atoms with Gasteiger partial charge in [-0.1, -0.05) is 48.0 Å². The van der Waals surface area contributed by atoms with Gasteiger partial charge in [-0.2, -0.15) is 0 Å². The van der Waals surface area contributed by atoms with Crippen LogP contribution in [0.25, 0.3) is 0 Å². The second-order valence-electron chi connectivity index (χ2n) is 4.57. The molecule has 0 aliphatic heterocycles. The first-order valence-corrected chi connectivity index (χ1v) is 7.01. The Morgan fingerprint density at radius 1 is 1.05 bits per heavy atom. The molecule has 0 saturated heterocycles. The summed E-state index contributed by atoms with van der Waals surface area (Å²) in [6.07, 6.45) is 0. The van der Waals surface area contributed by atoms with Crippen LogP contribution in [0, 0.1) is 0 Å². The lowest BCUT2D eigenvalue weighted by molar-refractivity contribution is 0.301. The summed E-state index contributed by atoms with van der Waals surface area (Å²) in [5.41, 5.74) is 8.89. The van der Waals surface area contributed by atoms with Crippen LogP contribution in [0.5, 0.6) is 0 Å². The van der Waals surface area contributed by atoms with Gasteiger partial charge in [0.25, 0.3) is 0 Å². The summed E-state index contributed by atoms with van der Waals surface area (Å²) in [7, 11) is 0. The van der Waals surface area contributed by atoms with Gasteiger partial charge >= 0.3 is 0 Å². The van der Waals surface area contributed by atoms with Crippen LogP contribution in [0.3, 0.4) is 0 Å². The van der Waals surface area contributed by atoms with Crippen molar-refractivity contribution in [2.24, 2.45) is 5.73 Å². The molecule has 2 aromatic rings. The van der Waals surface area contributed by atoms with Crippen molar-refractivity contribution < 1.29 is 5.11 Å². The number of halogens is 1. The SMILES string of the molecule is NCc1c(Cl)cccc1N(CCO)Cc1ccccc1. The van der Waals surface area contributed by atoms with E-state index in [4.69, 9.17) is 17.3 Å². The molecule has 4 heteroatoms. The molecule has 0 radical (unpaired) electrons. The predicted molar refractivity (Wildman–Crippen MR) is 83.9 cm³/mol. The average molecular weight is 291 g/mol. The van der Waals surface area contributed by atoms with E-state index in [-0.39, 0.29) is 6.61 Å². The lowest BCUT2D eigenvalue weighted by Gasteiger charge is -2.27. The Morgan fingerprint density at radius 2 is 1.80 bits per heavy atom. The molecule has 20 heavy (non-hydrogen) atoms. The van der Waals surface area contributed by atoms with Crippen LogP contribution in [-0.2, 0) is 13.1 Å². The Bertz CT molecular complexity index is 545. The monoisotopic (exact) mass is 290 g/mol. The van der Waals surface area contributed by atoms with Crippen LogP contribution < -0.4 is 10.6 Å². The summed E-state index contributed by atoms with van der Waals surface area (Å²) in [6, 6.07) is 15.9. The molecule has 3 N–H and O–H groups in total. The van der Waals surface area contributed by atoms with Crippen molar-refractivity contribution in [2.75, 3.05) is 18.1 Å². The normalized spacial score (nSPS) is 10.6. The molecule has 0 heterocycles. The summed E-state index contributed by atoms with van der Waals surface area (Å²) in [5.74, 6) is 0. The molecule has 0 fully saturated rings. The van der Waals surface area contributed by atoms with Crippen LogP contribution in [0.4, 0.5) is 5.69 Å². The number of aliphatic hydroxyl groups excluding tert-OH is 1. The maximum absolute atomic E-state index is 9.30. The van der Waals surface area contributed by atoms with E-state index < -0.39 is 0 Å². The fourth-order valence-electron chi connectivity index (χ4n) is 2.25. The highest BCUT2D eigenvalue weighted by molar-refractivity contribution is 6.31. The fraction of sp³-hybridized carbons (Fsp3) is 0.250.